The molecule has 1 amide bonds. The molecule has 0 spiro atoms. The largest absolute Gasteiger partial charge is 0.356 e. The van der Waals surface area contributed by atoms with Crippen molar-refractivity contribution in [3.63, 3.8) is 0 Å². The molecule has 4 heteroatoms. The molecule has 0 aliphatic rings. The van der Waals surface area contributed by atoms with Crippen molar-refractivity contribution in [1.29, 1.82) is 0 Å². The SMILES string of the molecule is CC(N)CCC(=O)NCCc1cccc(Br)c1. The van der Waals surface area contributed by atoms with Gasteiger partial charge in [0.2, 0.25) is 5.91 Å². The summed E-state index contributed by atoms with van der Waals surface area (Å²) in [5, 5.41) is 2.90. The van der Waals surface area contributed by atoms with Crippen LogP contribution < -0.4 is 11.1 Å². The van der Waals surface area contributed by atoms with Crippen molar-refractivity contribution in [3.05, 3.63) is 34.3 Å². The summed E-state index contributed by atoms with van der Waals surface area (Å²) in [4.78, 5) is 11.4. The minimum Gasteiger partial charge on any atom is -0.356 e. The summed E-state index contributed by atoms with van der Waals surface area (Å²) in [5.74, 6) is 0.0808. The molecule has 0 aliphatic heterocycles. The first-order valence-electron chi connectivity index (χ1n) is 5.84. The third kappa shape index (κ3) is 6.44. The number of amides is 1. The van der Waals surface area contributed by atoms with Gasteiger partial charge in [-0.1, -0.05) is 28.1 Å². The molecule has 0 heterocycles. The predicted molar refractivity (Wildman–Crippen MR) is 73.7 cm³/mol. The summed E-state index contributed by atoms with van der Waals surface area (Å²) >= 11 is 3.42. The molecule has 0 saturated carbocycles. The van der Waals surface area contributed by atoms with Gasteiger partial charge < -0.3 is 11.1 Å². The highest BCUT2D eigenvalue weighted by Crippen LogP contribution is 2.11. The Hall–Kier alpha value is -0.870. The molecule has 0 saturated heterocycles. The number of carbonyl (C=O) groups is 1. The third-order valence-corrected chi connectivity index (χ3v) is 2.94. The van der Waals surface area contributed by atoms with Crippen LogP contribution in [0.15, 0.2) is 28.7 Å². The highest BCUT2D eigenvalue weighted by molar-refractivity contribution is 9.10. The topological polar surface area (TPSA) is 55.1 Å². The zero-order chi connectivity index (χ0) is 12.7. The average Bonchev–Trinajstić information content (AvgIpc) is 2.26. The van der Waals surface area contributed by atoms with Gasteiger partial charge in [0.15, 0.2) is 0 Å². The maximum atomic E-state index is 11.4. The molecule has 1 aromatic carbocycles. The van der Waals surface area contributed by atoms with Crippen LogP contribution in [0.25, 0.3) is 0 Å². The Bertz CT molecular complexity index is 366. The monoisotopic (exact) mass is 298 g/mol. The van der Waals surface area contributed by atoms with Gasteiger partial charge in [-0.25, -0.2) is 0 Å². The van der Waals surface area contributed by atoms with Crippen molar-refractivity contribution in [2.45, 2.75) is 32.2 Å². The Labute approximate surface area is 111 Å². The van der Waals surface area contributed by atoms with Gasteiger partial charge in [0.05, 0.1) is 0 Å². The van der Waals surface area contributed by atoms with Gasteiger partial charge in [0.1, 0.15) is 0 Å². The zero-order valence-electron chi connectivity index (χ0n) is 10.1. The van der Waals surface area contributed by atoms with E-state index in [1.165, 1.54) is 5.56 Å². The second-order valence-corrected chi connectivity index (χ2v) is 5.16. The Morgan fingerprint density at radius 1 is 1.53 bits per heavy atom. The normalized spacial score (nSPS) is 12.2. The van der Waals surface area contributed by atoms with Crippen molar-refractivity contribution in [3.8, 4) is 0 Å². The molecule has 94 valence electrons. The molecule has 1 rings (SSSR count). The van der Waals surface area contributed by atoms with Gasteiger partial charge in [0, 0.05) is 23.5 Å². The number of nitrogens with one attached hydrogen (secondary N) is 1. The molecular formula is C13H19BrN2O. The summed E-state index contributed by atoms with van der Waals surface area (Å²) in [7, 11) is 0. The molecule has 1 unspecified atom stereocenters. The van der Waals surface area contributed by atoms with E-state index in [9.17, 15) is 4.79 Å². The van der Waals surface area contributed by atoms with Crippen molar-refractivity contribution in [1.82, 2.24) is 5.32 Å². The van der Waals surface area contributed by atoms with Crippen molar-refractivity contribution in [2.24, 2.45) is 5.73 Å². The minimum absolute atomic E-state index is 0.0808. The molecule has 0 radical (unpaired) electrons. The van der Waals surface area contributed by atoms with E-state index < -0.39 is 0 Å². The van der Waals surface area contributed by atoms with Crippen LogP contribution in [0.1, 0.15) is 25.3 Å². The van der Waals surface area contributed by atoms with E-state index in [-0.39, 0.29) is 11.9 Å². The average molecular weight is 299 g/mol. The molecule has 0 fully saturated rings. The van der Waals surface area contributed by atoms with E-state index in [2.05, 4.69) is 33.4 Å². The Balaban J connectivity index is 2.21. The lowest BCUT2D eigenvalue weighted by atomic mass is 10.1. The lowest BCUT2D eigenvalue weighted by Gasteiger charge is -2.07. The highest BCUT2D eigenvalue weighted by atomic mass is 79.9. The summed E-state index contributed by atoms with van der Waals surface area (Å²) in [6.07, 6.45) is 2.10. The molecule has 1 atom stereocenters. The van der Waals surface area contributed by atoms with Crippen LogP contribution in [0.5, 0.6) is 0 Å². The van der Waals surface area contributed by atoms with Gasteiger partial charge in [-0.15, -0.1) is 0 Å². The number of benzene rings is 1. The second kappa shape index (κ2) is 7.45. The fraction of sp³-hybridized carbons (Fsp3) is 0.462. The van der Waals surface area contributed by atoms with Crippen LogP contribution in [0.4, 0.5) is 0 Å². The molecule has 0 aromatic heterocycles. The van der Waals surface area contributed by atoms with E-state index in [4.69, 9.17) is 5.73 Å². The van der Waals surface area contributed by atoms with E-state index >= 15 is 0 Å². The van der Waals surface area contributed by atoms with Crippen LogP contribution >= 0.6 is 15.9 Å². The molecular weight excluding hydrogens is 280 g/mol. The second-order valence-electron chi connectivity index (χ2n) is 4.25. The fourth-order valence-electron chi connectivity index (χ4n) is 1.49. The summed E-state index contributed by atoms with van der Waals surface area (Å²) < 4.78 is 1.07. The first-order chi connectivity index (χ1) is 8.08. The zero-order valence-corrected chi connectivity index (χ0v) is 11.7. The molecule has 3 nitrogen and oxygen atoms in total. The minimum atomic E-state index is 0.0808. The van der Waals surface area contributed by atoms with E-state index in [1.54, 1.807) is 0 Å². The first kappa shape index (κ1) is 14.2. The first-order valence-corrected chi connectivity index (χ1v) is 6.64. The van der Waals surface area contributed by atoms with E-state index in [1.807, 2.05) is 19.1 Å². The van der Waals surface area contributed by atoms with Crippen LogP contribution in [-0.2, 0) is 11.2 Å². The maximum absolute atomic E-state index is 11.4. The number of halogens is 1. The third-order valence-electron chi connectivity index (χ3n) is 2.45. The number of rotatable bonds is 6. The highest BCUT2D eigenvalue weighted by Gasteiger charge is 2.02. The van der Waals surface area contributed by atoms with Gasteiger partial charge >= 0.3 is 0 Å². The fourth-order valence-corrected chi connectivity index (χ4v) is 1.93. The van der Waals surface area contributed by atoms with Crippen LogP contribution in [0.2, 0.25) is 0 Å². The van der Waals surface area contributed by atoms with Gasteiger partial charge in [0.25, 0.3) is 0 Å². The summed E-state index contributed by atoms with van der Waals surface area (Å²) in [5.41, 5.74) is 6.81. The van der Waals surface area contributed by atoms with Crippen LogP contribution in [0, 0.1) is 0 Å². The molecule has 3 N–H and O–H groups in total. The lowest BCUT2D eigenvalue weighted by Crippen LogP contribution is -2.27. The quantitative estimate of drug-likeness (QED) is 0.846. The number of hydrogen-bond donors (Lipinski definition) is 2. The molecule has 17 heavy (non-hydrogen) atoms. The molecule has 1 aromatic rings. The number of nitrogens with two attached hydrogens (primary N) is 1. The smallest absolute Gasteiger partial charge is 0.220 e. The Morgan fingerprint density at radius 3 is 2.94 bits per heavy atom. The van der Waals surface area contributed by atoms with Gasteiger partial charge in [-0.2, -0.15) is 0 Å². The summed E-state index contributed by atoms with van der Waals surface area (Å²) in [6, 6.07) is 8.19. The van der Waals surface area contributed by atoms with Crippen LogP contribution in [0.3, 0.4) is 0 Å². The Morgan fingerprint density at radius 2 is 2.29 bits per heavy atom. The van der Waals surface area contributed by atoms with Crippen molar-refractivity contribution < 1.29 is 4.79 Å². The lowest BCUT2D eigenvalue weighted by molar-refractivity contribution is -0.121. The van der Waals surface area contributed by atoms with E-state index in [0.29, 0.717) is 13.0 Å². The predicted octanol–water partition coefficient (Wildman–Crippen LogP) is 2.24. The maximum Gasteiger partial charge on any atom is 0.220 e. The number of hydrogen-bond acceptors (Lipinski definition) is 2. The standard InChI is InChI=1S/C13H19BrN2O/c1-10(15)5-6-13(17)16-8-7-11-3-2-4-12(14)9-11/h2-4,9-10H,5-8,15H2,1H3,(H,16,17). The van der Waals surface area contributed by atoms with Crippen molar-refractivity contribution >= 4 is 21.8 Å². The van der Waals surface area contributed by atoms with Gasteiger partial charge in [-0.05, 0) is 37.5 Å². The van der Waals surface area contributed by atoms with E-state index in [0.717, 1.165) is 17.3 Å². The summed E-state index contributed by atoms with van der Waals surface area (Å²) in [6.45, 7) is 2.59. The molecule has 0 bridgehead atoms. The van der Waals surface area contributed by atoms with Crippen LogP contribution in [-0.4, -0.2) is 18.5 Å². The number of carbonyl (C=O) groups excluding carboxylic acids is 1. The van der Waals surface area contributed by atoms with Gasteiger partial charge in [-0.3, -0.25) is 4.79 Å². The molecule has 0 aliphatic carbocycles. The van der Waals surface area contributed by atoms with Crippen molar-refractivity contribution in [2.75, 3.05) is 6.54 Å². The Kier molecular flexibility index (Phi) is 6.22.